The van der Waals surface area contributed by atoms with E-state index in [9.17, 15) is 4.79 Å². The highest BCUT2D eigenvalue weighted by Gasteiger charge is 2.29. The van der Waals surface area contributed by atoms with Gasteiger partial charge >= 0.3 is 0 Å². The van der Waals surface area contributed by atoms with Gasteiger partial charge in [0.1, 0.15) is 5.75 Å². The number of nitrogens with one attached hydrogen (secondary N) is 2. The number of para-hydroxylation sites is 2. The van der Waals surface area contributed by atoms with Gasteiger partial charge in [-0.25, -0.2) is 0 Å². The lowest BCUT2D eigenvalue weighted by molar-refractivity contribution is -0.121. The zero-order valence-corrected chi connectivity index (χ0v) is 19.0. The van der Waals surface area contributed by atoms with Crippen molar-refractivity contribution in [2.24, 2.45) is 4.99 Å². The average molecular weight is 436 g/mol. The molecule has 7 heteroatoms. The van der Waals surface area contributed by atoms with Crippen LogP contribution in [-0.2, 0) is 11.3 Å². The molecule has 1 amide bonds. The molecule has 170 valence electrons. The summed E-state index contributed by atoms with van der Waals surface area (Å²) in [4.78, 5) is 21.0. The summed E-state index contributed by atoms with van der Waals surface area (Å²) in [7, 11) is 1.80. The number of ether oxygens (including phenoxy) is 1. The topological polar surface area (TPSA) is 69.2 Å². The van der Waals surface area contributed by atoms with E-state index < -0.39 is 0 Å². The van der Waals surface area contributed by atoms with Crippen molar-refractivity contribution >= 4 is 17.6 Å². The third-order valence-corrected chi connectivity index (χ3v) is 6.16. The second kappa shape index (κ2) is 10.5. The van der Waals surface area contributed by atoms with Crippen molar-refractivity contribution in [3.63, 3.8) is 0 Å². The fourth-order valence-corrected chi connectivity index (χ4v) is 4.47. The highest BCUT2D eigenvalue weighted by Crippen LogP contribution is 2.31. The van der Waals surface area contributed by atoms with Crippen molar-refractivity contribution in [1.29, 1.82) is 0 Å². The van der Waals surface area contributed by atoms with Crippen molar-refractivity contribution in [2.75, 3.05) is 38.2 Å². The number of amides is 1. The minimum Gasteiger partial charge on any atom is -0.482 e. The van der Waals surface area contributed by atoms with E-state index in [0.717, 1.165) is 49.9 Å². The molecule has 2 heterocycles. The molecule has 32 heavy (non-hydrogen) atoms. The van der Waals surface area contributed by atoms with Crippen LogP contribution in [0.4, 0.5) is 5.69 Å². The van der Waals surface area contributed by atoms with Crippen LogP contribution < -0.4 is 20.3 Å². The normalized spacial score (nSPS) is 21.2. The molecule has 2 aliphatic heterocycles. The van der Waals surface area contributed by atoms with Crippen molar-refractivity contribution in [3.8, 4) is 5.75 Å². The quantitative estimate of drug-likeness (QED) is 0.398. The zero-order chi connectivity index (χ0) is 22.3. The predicted molar refractivity (Wildman–Crippen MR) is 128 cm³/mol. The van der Waals surface area contributed by atoms with Crippen LogP contribution in [0.25, 0.3) is 0 Å². The molecule has 2 unspecified atom stereocenters. The van der Waals surface area contributed by atoms with E-state index in [2.05, 4.69) is 57.8 Å². The first-order valence-corrected chi connectivity index (χ1v) is 11.4. The van der Waals surface area contributed by atoms with Gasteiger partial charge in [-0.2, -0.15) is 0 Å². The molecule has 0 radical (unpaired) electrons. The van der Waals surface area contributed by atoms with Crippen LogP contribution in [0.15, 0.2) is 59.6 Å². The van der Waals surface area contributed by atoms with Crippen molar-refractivity contribution in [3.05, 3.63) is 60.2 Å². The van der Waals surface area contributed by atoms with Crippen LogP contribution in [0.3, 0.4) is 0 Å². The number of nitrogens with zero attached hydrogens (tertiary/aromatic N) is 3. The van der Waals surface area contributed by atoms with Crippen molar-refractivity contribution in [1.82, 2.24) is 15.5 Å². The monoisotopic (exact) mass is 435 g/mol. The highest BCUT2D eigenvalue weighted by molar-refractivity contribution is 5.97. The van der Waals surface area contributed by atoms with Gasteiger partial charge in [0.25, 0.3) is 5.91 Å². The fourth-order valence-electron chi connectivity index (χ4n) is 4.47. The van der Waals surface area contributed by atoms with Crippen LogP contribution >= 0.6 is 0 Å². The number of hydrogen-bond acceptors (Lipinski definition) is 4. The Hall–Kier alpha value is -3.06. The molecule has 0 bridgehead atoms. The van der Waals surface area contributed by atoms with Crippen LogP contribution in [0.2, 0.25) is 0 Å². The van der Waals surface area contributed by atoms with E-state index in [0.29, 0.717) is 18.6 Å². The van der Waals surface area contributed by atoms with E-state index in [4.69, 9.17) is 4.74 Å². The number of carbonyl (C=O) groups is 1. The molecule has 1 saturated heterocycles. The third kappa shape index (κ3) is 5.40. The number of guanidine groups is 1. The number of carbonyl (C=O) groups excluding carboxylic acids is 1. The van der Waals surface area contributed by atoms with Gasteiger partial charge < -0.3 is 20.3 Å². The van der Waals surface area contributed by atoms with E-state index >= 15 is 0 Å². The largest absolute Gasteiger partial charge is 0.482 e. The summed E-state index contributed by atoms with van der Waals surface area (Å²) in [6, 6.07) is 19.2. The lowest BCUT2D eigenvalue weighted by atomic mass is 10.2. The van der Waals surface area contributed by atoms with Gasteiger partial charge in [0, 0.05) is 45.3 Å². The maximum absolute atomic E-state index is 12.3. The minimum absolute atomic E-state index is 0.00431. The summed E-state index contributed by atoms with van der Waals surface area (Å²) in [5, 5.41) is 6.98. The van der Waals surface area contributed by atoms with E-state index in [1.165, 1.54) is 5.56 Å². The number of fused-ring (bicyclic) bond motifs is 1. The second-order valence-corrected chi connectivity index (χ2v) is 8.50. The molecular weight excluding hydrogens is 402 g/mol. The maximum Gasteiger partial charge on any atom is 0.265 e. The molecule has 7 nitrogen and oxygen atoms in total. The van der Waals surface area contributed by atoms with Gasteiger partial charge in [-0.3, -0.25) is 14.7 Å². The standard InChI is InChI=1S/C25H33N5O2/c1-19-15-21(17-29(19)16-20-9-4-3-5-10-20)28-25(26-2)27-13-8-14-30-22-11-6-7-12-23(22)32-18-24(30)31/h3-7,9-12,19,21H,8,13-18H2,1-2H3,(H2,26,27,28). The molecule has 0 aliphatic carbocycles. The summed E-state index contributed by atoms with van der Waals surface area (Å²) in [6.07, 6.45) is 1.91. The number of aliphatic imine (C=N–C) groups is 1. The van der Waals surface area contributed by atoms with Crippen LogP contribution in [-0.4, -0.2) is 62.1 Å². The lowest BCUT2D eigenvalue weighted by Gasteiger charge is -2.29. The molecule has 2 aromatic rings. The van der Waals surface area contributed by atoms with Crippen LogP contribution in [0.1, 0.15) is 25.3 Å². The smallest absolute Gasteiger partial charge is 0.265 e. The predicted octanol–water partition coefficient (Wildman–Crippen LogP) is 2.63. The first kappa shape index (κ1) is 22.1. The number of likely N-dealkylation sites (tertiary alicyclic amines) is 1. The molecule has 2 aliphatic rings. The van der Waals surface area contributed by atoms with E-state index in [1.807, 2.05) is 29.2 Å². The second-order valence-electron chi connectivity index (χ2n) is 8.50. The Kier molecular flexibility index (Phi) is 7.27. The number of rotatable bonds is 7. The Labute approximate surface area is 190 Å². The minimum atomic E-state index is 0.00431. The zero-order valence-electron chi connectivity index (χ0n) is 19.0. The molecule has 2 atom stereocenters. The third-order valence-electron chi connectivity index (χ3n) is 6.16. The first-order valence-electron chi connectivity index (χ1n) is 11.4. The van der Waals surface area contributed by atoms with Gasteiger partial charge in [0.2, 0.25) is 0 Å². The van der Waals surface area contributed by atoms with Crippen LogP contribution in [0, 0.1) is 0 Å². The summed E-state index contributed by atoms with van der Waals surface area (Å²) >= 11 is 0. The summed E-state index contributed by atoms with van der Waals surface area (Å²) in [5.74, 6) is 1.59. The number of hydrogen-bond donors (Lipinski definition) is 2. The highest BCUT2D eigenvalue weighted by atomic mass is 16.5. The summed E-state index contributed by atoms with van der Waals surface area (Å²) < 4.78 is 5.52. The molecule has 0 aromatic heterocycles. The molecular formula is C25H33N5O2. The number of anilines is 1. The Morgan fingerprint density at radius 2 is 1.94 bits per heavy atom. The molecule has 0 saturated carbocycles. The summed E-state index contributed by atoms with van der Waals surface area (Å²) in [6.45, 7) is 5.75. The lowest BCUT2D eigenvalue weighted by Crippen LogP contribution is -2.45. The van der Waals surface area contributed by atoms with Gasteiger partial charge in [-0.15, -0.1) is 0 Å². The van der Waals surface area contributed by atoms with Crippen molar-refractivity contribution < 1.29 is 9.53 Å². The van der Waals surface area contributed by atoms with E-state index in [-0.39, 0.29) is 12.5 Å². The SMILES string of the molecule is CN=C(NCCCN1C(=O)COc2ccccc21)NC1CC(C)N(Cc2ccccc2)C1. The van der Waals surface area contributed by atoms with Gasteiger partial charge in [-0.05, 0) is 37.5 Å². The first-order chi connectivity index (χ1) is 15.6. The molecule has 2 aromatic carbocycles. The summed E-state index contributed by atoms with van der Waals surface area (Å²) in [5.41, 5.74) is 2.20. The Balaban J connectivity index is 1.22. The van der Waals surface area contributed by atoms with E-state index in [1.54, 1.807) is 7.05 Å². The Morgan fingerprint density at radius 3 is 2.75 bits per heavy atom. The molecule has 0 spiro atoms. The Bertz CT molecular complexity index is 933. The van der Waals surface area contributed by atoms with Crippen molar-refractivity contribution in [2.45, 2.75) is 38.4 Å². The van der Waals surface area contributed by atoms with Gasteiger partial charge in [0.05, 0.1) is 5.69 Å². The van der Waals surface area contributed by atoms with Gasteiger partial charge in [-0.1, -0.05) is 42.5 Å². The van der Waals surface area contributed by atoms with Gasteiger partial charge in [0.15, 0.2) is 12.6 Å². The number of benzene rings is 2. The molecule has 2 N–H and O–H groups in total. The molecule has 4 rings (SSSR count). The Morgan fingerprint density at radius 1 is 1.16 bits per heavy atom. The molecule has 1 fully saturated rings. The van der Waals surface area contributed by atoms with Crippen LogP contribution in [0.5, 0.6) is 5.75 Å². The maximum atomic E-state index is 12.3. The average Bonchev–Trinajstić information content (AvgIpc) is 3.16. The fraction of sp³-hybridized carbons (Fsp3) is 0.440.